The van der Waals surface area contributed by atoms with Crippen LogP contribution in [0.1, 0.15) is 38.4 Å². The summed E-state index contributed by atoms with van der Waals surface area (Å²) in [7, 11) is 1.46. The van der Waals surface area contributed by atoms with Crippen molar-refractivity contribution in [3.8, 4) is 0 Å². The minimum absolute atomic E-state index is 0.140. The highest BCUT2D eigenvalue weighted by molar-refractivity contribution is 8.13. The monoisotopic (exact) mass is 316 g/mol. The fraction of sp³-hybridized carbons (Fsp3) is 0.500. The standard InChI is InChI=1S/C12H17ClN4O2S/c1-3-11(4-2)17-6-5-10(15-17)7-16-8-12(14-9-16)20(13,18)19/h5-6,8-9,11H,3-4,7H2,1-2H3. The summed E-state index contributed by atoms with van der Waals surface area (Å²) in [4.78, 5) is 3.77. The van der Waals surface area contributed by atoms with Crippen molar-refractivity contribution in [1.82, 2.24) is 19.3 Å². The van der Waals surface area contributed by atoms with E-state index in [1.165, 1.54) is 12.5 Å². The number of rotatable bonds is 6. The molecule has 0 amide bonds. The Balaban J connectivity index is 2.13. The molecule has 0 aliphatic heterocycles. The third-order valence-electron chi connectivity index (χ3n) is 3.18. The maximum absolute atomic E-state index is 11.1. The molecule has 2 aromatic rings. The van der Waals surface area contributed by atoms with Crippen LogP contribution < -0.4 is 0 Å². The van der Waals surface area contributed by atoms with Crippen LogP contribution >= 0.6 is 10.7 Å². The maximum Gasteiger partial charge on any atom is 0.280 e. The van der Waals surface area contributed by atoms with E-state index >= 15 is 0 Å². The fourth-order valence-corrected chi connectivity index (χ4v) is 2.74. The van der Waals surface area contributed by atoms with Crippen LogP contribution in [0.2, 0.25) is 0 Å². The SMILES string of the molecule is CCC(CC)n1ccc(Cn2cnc(S(=O)(=O)Cl)c2)n1. The average molecular weight is 317 g/mol. The average Bonchev–Trinajstić information content (AvgIpc) is 3.00. The molecule has 0 radical (unpaired) electrons. The molecule has 0 bridgehead atoms. The minimum atomic E-state index is -3.78. The number of nitrogens with zero attached hydrogens (tertiary/aromatic N) is 4. The van der Waals surface area contributed by atoms with Gasteiger partial charge in [0, 0.05) is 23.1 Å². The van der Waals surface area contributed by atoms with Gasteiger partial charge in [0.05, 0.1) is 24.6 Å². The van der Waals surface area contributed by atoms with Crippen molar-refractivity contribution < 1.29 is 8.42 Å². The fourth-order valence-electron chi connectivity index (χ4n) is 2.07. The van der Waals surface area contributed by atoms with Gasteiger partial charge in [-0.1, -0.05) is 13.8 Å². The van der Waals surface area contributed by atoms with Crippen molar-refractivity contribution >= 4 is 19.7 Å². The van der Waals surface area contributed by atoms with Gasteiger partial charge in [-0.25, -0.2) is 13.4 Å². The van der Waals surface area contributed by atoms with Crippen LogP contribution in [0.4, 0.5) is 0 Å². The molecule has 2 heterocycles. The lowest BCUT2D eigenvalue weighted by Crippen LogP contribution is -2.08. The lowest BCUT2D eigenvalue weighted by atomic mass is 10.2. The first-order valence-corrected chi connectivity index (χ1v) is 8.75. The highest BCUT2D eigenvalue weighted by atomic mass is 35.7. The number of aromatic nitrogens is 4. The summed E-state index contributed by atoms with van der Waals surface area (Å²) < 4.78 is 25.9. The molecule has 8 heteroatoms. The quantitative estimate of drug-likeness (QED) is 0.767. The second-order valence-corrected chi connectivity index (χ2v) is 7.09. The summed E-state index contributed by atoms with van der Waals surface area (Å²) in [5.41, 5.74) is 0.854. The van der Waals surface area contributed by atoms with Crippen molar-refractivity contribution in [3.63, 3.8) is 0 Å². The zero-order chi connectivity index (χ0) is 14.8. The molecule has 20 heavy (non-hydrogen) atoms. The number of hydrogen-bond acceptors (Lipinski definition) is 4. The first-order chi connectivity index (χ1) is 9.44. The molecule has 0 unspecified atom stereocenters. The van der Waals surface area contributed by atoms with Gasteiger partial charge in [-0.05, 0) is 18.9 Å². The molecule has 0 spiro atoms. The Labute approximate surface area is 122 Å². The Kier molecular flexibility index (Phi) is 4.49. The third-order valence-corrected chi connectivity index (χ3v) is 4.37. The van der Waals surface area contributed by atoms with Crippen molar-refractivity contribution in [3.05, 3.63) is 30.5 Å². The molecular weight excluding hydrogens is 300 g/mol. The van der Waals surface area contributed by atoms with E-state index in [2.05, 4.69) is 23.9 Å². The Hall–Kier alpha value is -1.34. The first-order valence-electron chi connectivity index (χ1n) is 6.44. The van der Waals surface area contributed by atoms with Crippen LogP contribution in [0.15, 0.2) is 29.8 Å². The van der Waals surface area contributed by atoms with Gasteiger partial charge in [0.1, 0.15) is 0 Å². The zero-order valence-corrected chi connectivity index (χ0v) is 13.0. The van der Waals surface area contributed by atoms with E-state index in [1.807, 2.05) is 16.9 Å². The second kappa shape index (κ2) is 5.97. The van der Waals surface area contributed by atoms with E-state index in [9.17, 15) is 8.42 Å². The molecular formula is C12H17ClN4O2S. The van der Waals surface area contributed by atoms with Crippen LogP contribution in [0.5, 0.6) is 0 Å². The van der Waals surface area contributed by atoms with Crippen LogP contribution in [0.3, 0.4) is 0 Å². The Morgan fingerprint density at radius 3 is 2.60 bits per heavy atom. The van der Waals surface area contributed by atoms with Crippen molar-refractivity contribution in [2.24, 2.45) is 0 Å². The molecule has 0 aliphatic rings. The molecule has 2 aromatic heterocycles. The van der Waals surface area contributed by atoms with Gasteiger partial charge in [-0.3, -0.25) is 4.68 Å². The summed E-state index contributed by atoms with van der Waals surface area (Å²) in [6, 6.07) is 2.32. The van der Waals surface area contributed by atoms with Gasteiger partial charge in [0.2, 0.25) is 0 Å². The summed E-state index contributed by atoms with van der Waals surface area (Å²) in [6.45, 7) is 4.72. The molecule has 0 aliphatic carbocycles. The van der Waals surface area contributed by atoms with E-state index in [1.54, 1.807) is 4.57 Å². The first kappa shape index (κ1) is 15.1. The van der Waals surface area contributed by atoms with Gasteiger partial charge in [0.15, 0.2) is 5.03 Å². The van der Waals surface area contributed by atoms with Gasteiger partial charge in [-0.2, -0.15) is 5.10 Å². The molecule has 0 N–H and O–H groups in total. The normalized spacial score (nSPS) is 12.2. The second-order valence-electron chi connectivity index (χ2n) is 4.58. The highest BCUT2D eigenvalue weighted by Gasteiger charge is 2.14. The number of hydrogen-bond donors (Lipinski definition) is 0. The third kappa shape index (κ3) is 3.40. The molecule has 2 rings (SSSR count). The maximum atomic E-state index is 11.1. The summed E-state index contributed by atoms with van der Waals surface area (Å²) in [5, 5.41) is 4.36. The number of halogens is 1. The Morgan fingerprint density at radius 2 is 2.05 bits per heavy atom. The minimum Gasteiger partial charge on any atom is -0.330 e. The summed E-state index contributed by atoms with van der Waals surface area (Å²) in [5.74, 6) is 0. The molecule has 0 saturated carbocycles. The van der Waals surface area contributed by atoms with Crippen LogP contribution in [-0.2, 0) is 15.6 Å². The molecule has 110 valence electrons. The van der Waals surface area contributed by atoms with E-state index in [-0.39, 0.29) is 5.03 Å². The molecule has 0 saturated heterocycles. The summed E-state index contributed by atoms with van der Waals surface area (Å²) in [6.07, 6.45) is 6.84. The van der Waals surface area contributed by atoms with Crippen LogP contribution in [0.25, 0.3) is 0 Å². The smallest absolute Gasteiger partial charge is 0.280 e. The van der Waals surface area contributed by atoms with E-state index in [0.29, 0.717) is 12.6 Å². The topological polar surface area (TPSA) is 69.8 Å². The van der Waals surface area contributed by atoms with E-state index in [4.69, 9.17) is 10.7 Å². The predicted octanol–water partition coefficient (Wildman–Crippen LogP) is 2.42. The predicted molar refractivity (Wildman–Crippen MR) is 76.2 cm³/mol. The number of imidazole rings is 1. The van der Waals surface area contributed by atoms with Crippen molar-refractivity contribution in [1.29, 1.82) is 0 Å². The van der Waals surface area contributed by atoms with Gasteiger partial charge >= 0.3 is 0 Å². The lowest BCUT2D eigenvalue weighted by Gasteiger charge is -2.12. The van der Waals surface area contributed by atoms with Crippen LogP contribution in [-0.4, -0.2) is 27.7 Å². The van der Waals surface area contributed by atoms with E-state index in [0.717, 1.165) is 18.5 Å². The van der Waals surface area contributed by atoms with Gasteiger partial charge in [0.25, 0.3) is 9.05 Å². The van der Waals surface area contributed by atoms with Gasteiger partial charge < -0.3 is 4.57 Å². The van der Waals surface area contributed by atoms with E-state index < -0.39 is 9.05 Å². The molecule has 0 atom stereocenters. The largest absolute Gasteiger partial charge is 0.330 e. The summed E-state index contributed by atoms with van der Waals surface area (Å²) >= 11 is 0. The van der Waals surface area contributed by atoms with Gasteiger partial charge in [-0.15, -0.1) is 0 Å². The van der Waals surface area contributed by atoms with Crippen LogP contribution in [0, 0.1) is 0 Å². The zero-order valence-electron chi connectivity index (χ0n) is 11.4. The van der Waals surface area contributed by atoms with Crippen molar-refractivity contribution in [2.75, 3.05) is 0 Å². The highest BCUT2D eigenvalue weighted by Crippen LogP contribution is 2.16. The van der Waals surface area contributed by atoms with Crippen molar-refractivity contribution in [2.45, 2.75) is 44.3 Å². The molecule has 0 fully saturated rings. The Bertz CT molecular complexity index is 673. The Morgan fingerprint density at radius 1 is 1.35 bits per heavy atom. The molecule has 6 nitrogen and oxygen atoms in total. The molecule has 0 aromatic carbocycles. The lowest BCUT2D eigenvalue weighted by molar-refractivity contribution is 0.424.